The molecule has 0 saturated carbocycles. The van der Waals surface area contributed by atoms with Crippen LogP contribution in [0.4, 0.5) is 5.69 Å². The molecule has 0 unspecified atom stereocenters. The summed E-state index contributed by atoms with van der Waals surface area (Å²) in [6.07, 6.45) is 0.341. The van der Waals surface area contributed by atoms with Crippen LogP contribution in [0.1, 0.15) is 43.6 Å². The van der Waals surface area contributed by atoms with Gasteiger partial charge < -0.3 is 18.9 Å². The third-order valence-electron chi connectivity index (χ3n) is 5.44. The molecule has 30 heavy (non-hydrogen) atoms. The van der Waals surface area contributed by atoms with E-state index in [1.807, 2.05) is 24.3 Å². The first kappa shape index (κ1) is 19.9. The SMILES string of the molecule is COc1ccc(-c2noc([C@H]3CC(=O)N(c4ccc(C(C)C)cc4)C3)n2)c(OC)c1. The number of hydrogen-bond acceptors (Lipinski definition) is 6. The van der Waals surface area contributed by atoms with Gasteiger partial charge in [0.2, 0.25) is 17.6 Å². The van der Waals surface area contributed by atoms with E-state index in [1.54, 1.807) is 25.2 Å². The number of aromatic nitrogens is 2. The fourth-order valence-electron chi connectivity index (χ4n) is 3.66. The molecular weight excluding hydrogens is 382 g/mol. The van der Waals surface area contributed by atoms with Crippen LogP contribution in [0.25, 0.3) is 11.4 Å². The molecule has 0 aliphatic carbocycles. The molecule has 1 aliphatic heterocycles. The van der Waals surface area contributed by atoms with Gasteiger partial charge in [-0.3, -0.25) is 4.79 Å². The third-order valence-corrected chi connectivity index (χ3v) is 5.44. The molecule has 0 radical (unpaired) electrons. The molecule has 0 N–H and O–H groups in total. The zero-order valence-electron chi connectivity index (χ0n) is 17.6. The molecule has 7 heteroatoms. The number of methoxy groups -OCH3 is 2. The predicted molar refractivity (Wildman–Crippen MR) is 113 cm³/mol. The summed E-state index contributed by atoms with van der Waals surface area (Å²) >= 11 is 0. The Balaban J connectivity index is 1.54. The van der Waals surface area contributed by atoms with E-state index in [0.29, 0.717) is 47.7 Å². The average Bonchev–Trinajstić information content (AvgIpc) is 3.40. The molecule has 4 rings (SSSR count). The zero-order valence-corrected chi connectivity index (χ0v) is 17.6. The first-order valence-electron chi connectivity index (χ1n) is 9.96. The van der Waals surface area contributed by atoms with Crippen LogP contribution in [0, 0.1) is 0 Å². The Kier molecular flexibility index (Phi) is 5.44. The zero-order chi connectivity index (χ0) is 21.3. The second-order valence-corrected chi connectivity index (χ2v) is 7.67. The molecule has 0 spiro atoms. The van der Waals surface area contributed by atoms with Gasteiger partial charge in [-0.25, -0.2) is 0 Å². The lowest BCUT2D eigenvalue weighted by atomic mass is 10.0. The third kappa shape index (κ3) is 3.75. The normalized spacial score (nSPS) is 16.4. The standard InChI is InChI=1S/C23H25N3O4/c1-14(2)15-5-7-17(8-6-15)26-13-16(11-21(26)27)23-24-22(25-30-23)19-10-9-18(28-3)12-20(19)29-4/h5-10,12,14,16H,11,13H2,1-4H3/t16-/m0/s1. The molecule has 1 aliphatic rings. The van der Waals surface area contributed by atoms with Crippen LogP contribution >= 0.6 is 0 Å². The number of amides is 1. The highest BCUT2D eigenvalue weighted by Gasteiger charge is 2.35. The summed E-state index contributed by atoms with van der Waals surface area (Å²) in [5.41, 5.74) is 2.85. The molecule has 156 valence electrons. The monoisotopic (exact) mass is 407 g/mol. The number of rotatable bonds is 6. The molecule has 1 saturated heterocycles. The number of hydrogen-bond donors (Lipinski definition) is 0. The number of nitrogens with zero attached hydrogens (tertiary/aromatic N) is 3. The number of anilines is 1. The van der Waals surface area contributed by atoms with Crippen LogP contribution in [0.2, 0.25) is 0 Å². The van der Waals surface area contributed by atoms with Crippen molar-refractivity contribution in [1.29, 1.82) is 0 Å². The molecule has 7 nitrogen and oxygen atoms in total. The van der Waals surface area contributed by atoms with Gasteiger partial charge >= 0.3 is 0 Å². The molecule has 2 heterocycles. The topological polar surface area (TPSA) is 77.7 Å². The second-order valence-electron chi connectivity index (χ2n) is 7.67. The Morgan fingerprint density at radius 3 is 2.53 bits per heavy atom. The number of carbonyl (C=O) groups is 1. The predicted octanol–water partition coefficient (Wildman–Crippen LogP) is 4.40. The van der Waals surface area contributed by atoms with Crippen LogP contribution in [0.5, 0.6) is 11.5 Å². The number of benzene rings is 2. The minimum atomic E-state index is -0.146. The summed E-state index contributed by atoms with van der Waals surface area (Å²) in [7, 11) is 3.18. The van der Waals surface area contributed by atoms with Gasteiger partial charge in [0, 0.05) is 24.7 Å². The van der Waals surface area contributed by atoms with Gasteiger partial charge in [0.1, 0.15) is 11.5 Å². The first-order chi connectivity index (χ1) is 14.5. The Labute approximate surface area is 175 Å². The maximum atomic E-state index is 12.6. The molecule has 1 fully saturated rings. The summed E-state index contributed by atoms with van der Waals surface area (Å²) in [6.45, 7) is 4.81. The maximum Gasteiger partial charge on any atom is 0.232 e. The lowest BCUT2D eigenvalue weighted by Gasteiger charge is -2.17. The van der Waals surface area contributed by atoms with Gasteiger partial charge in [-0.1, -0.05) is 31.1 Å². The Hall–Kier alpha value is -3.35. The van der Waals surface area contributed by atoms with Crippen molar-refractivity contribution in [3.8, 4) is 22.9 Å². The fourth-order valence-corrected chi connectivity index (χ4v) is 3.66. The van der Waals surface area contributed by atoms with Gasteiger partial charge in [-0.2, -0.15) is 4.98 Å². The fraction of sp³-hybridized carbons (Fsp3) is 0.348. The van der Waals surface area contributed by atoms with Gasteiger partial charge in [0.15, 0.2) is 0 Å². The van der Waals surface area contributed by atoms with Crippen molar-refractivity contribution >= 4 is 11.6 Å². The van der Waals surface area contributed by atoms with Crippen molar-refractivity contribution in [2.24, 2.45) is 0 Å². The number of ether oxygens (including phenoxy) is 2. The van der Waals surface area contributed by atoms with E-state index in [2.05, 4.69) is 36.1 Å². The van der Waals surface area contributed by atoms with Crippen molar-refractivity contribution in [2.45, 2.75) is 32.1 Å². The van der Waals surface area contributed by atoms with Crippen molar-refractivity contribution in [3.05, 3.63) is 53.9 Å². The molecule has 1 amide bonds. The van der Waals surface area contributed by atoms with Gasteiger partial charge in [-0.05, 0) is 35.7 Å². The van der Waals surface area contributed by atoms with Crippen LogP contribution in [-0.4, -0.2) is 36.8 Å². The minimum Gasteiger partial charge on any atom is -0.497 e. The first-order valence-corrected chi connectivity index (χ1v) is 9.96. The smallest absolute Gasteiger partial charge is 0.232 e. The minimum absolute atomic E-state index is 0.0547. The quantitative estimate of drug-likeness (QED) is 0.603. The highest BCUT2D eigenvalue weighted by Crippen LogP contribution is 2.35. The van der Waals surface area contributed by atoms with Gasteiger partial charge in [0.05, 0.1) is 25.7 Å². The van der Waals surface area contributed by atoms with E-state index >= 15 is 0 Å². The summed E-state index contributed by atoms with van der Waals surface area (Å²) in [6, 6.07) is 13.5. The van der Waals surface area contributed by atoms with Gasteiger partial charge in [-0.15, -0.1) is 0 Å². The summed E-state index contributed by atoms with van der Waals surface area (Å²) in [4.78, 5) is 19.0. The van der Waals surface area contributed by atoms with Gasteiger partial charge in [0.25, 0.3) is 0 Å². The van der Waals surface area contributed by atoms with Crippen LogP contribution in [0.3, 0.4) is 0 Å². The summed E-state index contributed by atoms with van der Waals surface area (Å²) in [5.74, 6) is 2.52. The highest BCUT2D eigenvalue weighted by atomic mass is 16.5. The molecule has 1 aromatic heterocycles. The Morgan fingerprint density at radius 1 is 1.10 bits per heavy atom. The largest absolute Gasteiger partial charge is 0.497 e. The van der Waals surface area contributed by atoms with Crippen molar-refractivity contribution in [1.82, 2.24) is 10.1 Å². The molecule has 3 aromatic rings. The van der Waals surface area contributed by atoms with Crippen molar-refractivity contribution < 1.29 is 18.8 Å². The van der Waals surface area contributed by atoms with E-state index in [4.69, 9.17) is 14.0 Å². The Morgan fingerprint density at radius 2 is 1.87 bits per heavy atom. The summed E-state index contributed by atoms with van der Waals surface area (Å²) < 4.78 is 16.2. The lowest BCUT2D eigenvalue weighted by molar-refractivity contribution is -0.117. The molecule has 1 atom stereocenters. The van der Waals surface area contributed by atoms with Crippen LogP contribution < -0.4 is 14.4 Å². The van der Waals surface area contributed by atoms with Crippen molar-refractivity contribution in [2.75, 3.05) is 25.7 Å². The lowest BCUT2D eigenvalue weighted by Crippen LogP contribution is -2.24. The average molecular weight is 407 g/mol. The van der Waals surface area contributed by atoms with E-state index in [-0.39, 0.29) is 11.8 Å². The maximum absolute atomic E-state index is 12.6. The van der Waals surface area contributed by atoms with E-state index in [0.717, 1.165) is 5.69 Å². The van der Waals surface area contributed by atoms with Crippen LogP contribution in [-0.2, 0) is 4.79 Å². The van der Waals surface area contributed by atoms with E-state index in [9.17, 15) is 4.79 Å². The van der Waals surface area contributed by atoms with E-state index in [1.165, 1.54) is 5.56 Å². The van der Waals surface area contributed by atoms with Crippen LogP contribution in [0.15, 0.2) is 47.0 Å². The molecule has 0 bridgehead atoms. The highest BCUT2D eigenvalue weighted by molar-refractivity contribution is 5.96. The van der Waals surface area contributed by atoms with Crippen molar-refractivity contribution in [3.63, 3.8) is 0 Å². The Bertz CT molecular complexity index is 1040. The molecule has 2 aromatic carbocycles. The molecular formula is C23H25N3O4. The number of carbonyl (C=O) groups excluding carboxylic acids is 1. The van der Waals surface area contributed by atoms with E-state index < -0.39 is 0 Å². The summed E-state index contributed by atoms with van der Waals surface area (Å²) in [5, 5.41) is 4.11. The second kappa shape index (κ2) is 8.18.